The van der Waals surface area contributed by atoms with Crippen molar-refractivity contribution in [1.82, 2.24) is 0 Å². The van der Waals surface area contributed by atoms with Crippen molar-refractivity contribution in [3.8, 4) is 0 Å². The van der Waals surface area contributed by atoms with Crippen molar-refractivity contribution in [2.24, 2.45) is 5.73 Å². The number of hydrogen-bond donors (Lipinski definition) is 1. The predicted molar refractivity (Wildman–Crippen MR) is 78.8 cm³/mol. The summed E-state index contributed by atoms with van der Waals surface area (Å²) in [5.41, 5.74) is 7.66. The molecule has 1 nitrogen and oxygen atoms in total. The van der Waals surface area contributed by atoms with E-state index in [0.717, 1.165) is 10.0 Å². The van der Waals surface area contributed by atoms with E-state index in [1.165, 1.54) is 18.2 Å². The molecule has 0 amide bonds. The van der Waals surface area contributed by atoms with Crippen LogP contribution in [0.1, 0.15) is 17.2 Å². The zero-order chi connectivity index (χ0) is 14.0. The van der Waals surface area contributed by atoms with Crippen molar-refractivity contribution in [2.75, 3.05) is 0 Å². The quantitative estimate of drug-likeness (QED) is 0.805. The summed E-state index contributed by atoms with van der Waals surface area (Å²) in [5.74, 6) is -0.641. The second-order valence-electron chi connectivity index (χ2n) is 4.22. The van der Waals surface area contributed by atoms with Crippen LogP contribution < -0.4 is 5.73 Å². The number of halogens is 4. The lowest BCUT2D eigenvalue weighted by Gasteiger charge is -2.14. The largest absolute Gasteiger partial charge is 0.324 e. The van der Waals surface area contributed by atoms with Crippen molar-refractivity contribution in [3.63, 3.8) is 0 Å². The molecular formula is C14H11Br2F2N. The SMILES string of the molecule is NC(Cc1ccc(F)c(Br)c1)c1cc(F)ccc1Br. The fourth-order valence-electron chi connectivity index (χ4n) is 1.83. The van der Waals surface area contributed by atoms with Crippen LogP contribution in [0.15, 0.2) is 45.3 Å². The van der Waals surface area contributed by atoms with E-state index in [0.29, 0.717) is 16.5 Å². The summed E-state index contributed by atoms with van der Waals surface area (Å²) < 4.78 is 27.5. The summed E-state index contributed by atoms with van der Waals surface area (Å²) in [6, 6.07) is 8.79. The predicted octanol–water partition coefficient (Wildman–Crippen LogP) is 4.73. The van der Waals surface area contributed by atoms with E-state index < -0.39 is 0 Å². The van der Waals surface area contributed by atoms with Crippen molar-refractivity contribution in [1.29, 1.82) is 0 Å². The molecule has 0 saturated carbocycles. The van der Waals surface area contributed by atoms with Gasteiger partial charge in [0.1, 0.15) is 11.6 Å². The lowest BCUT2D eigenvalue weighted by molar-refractivity contribution is 0.614. The topological polar surface area (TPSA) is 26.0 Å². The van der Waals surface area contributed by atoms with E-state index in [-0.39, 0.29) is 17.7 Å². The molecule has 0 saturated heterocycles. The normalized spacial score (nSPS) is 12.5. The highest BCUT2D eigenvalue weighted by Gasteiger charge is 2.12. The summed E-state index contributed by atoms with van der Waals surface area (Å²) >= 11 is 6.49. The van der Waals surface area contributed by atoms with Gasteiger partial charge >= 0.3 is 0 Å². The highest BCUT2D eigenvalue weighted by Crippen LogP contribution is 2.26. The Morgan fingerprint density at radius 2 is 1.74 bits per heavy atom. The van der Waals surface area contributed by atoms with Gasteiger partial charge in [0, 0.05) is 10.5 Å². The number of nitrogens with two attached hydrogens (primary N) is 1. The molecule has 0 aliphatic heterocycles. The third kappa shape index (κ3) is 3.61. The van der Waals surface area contributed by atoms with Crippen LogP contribution in [0.25, 0.3) is 0 Å². The molecule has 0 radical (unpaired) electrons. The van der Waals surface area contributed by atoms with E-state index >= 15 is 0 Å². The highest BCUT2D eigenvalue weighted by molar-refractivity contribution is 9.10. The van der Waals surface area contributed by atoms with E-state index in [1.807, 2.05) is 0 Å². The Morgan fingerprint density at radius 1 is 1.00 bits per heavy atom. The van der Waals surface area contributed by atoms with E-state index in [9.17, 15) is 8.78 Å². The van der Waals surface area contributed by atoms with Crippen molar-refractivity contribution >= 4 is 31.9 Å². The van der Waals surface area contributed by atoms with Gasteiger partial charge in [-0.15, -0.1) is 0 Å². The van der Waals surface area contributed by atoms with Crippen molar-refractivity contribution in [3.05, 3.63) is 68.1 Å². The van der Waals surface area contributed by atoms with Crippen LogP contribution in [0.5, 0.6) is 0 Å². The molecule has 0 aliphatic rings. The molecular weight excluding hydrogens is 380 g/mol. The third-order valence-electron chi connectivity index (χ3n) is 2.80. The molecule has 2 rings (SSSR count). The molecule has 2 aromatic rings. The minimum Gasteiger partial charge on any atom is -0.324 e. The van der Waals surface area contributed by atoms with E-state index in [1.54, 1.807) is 18.2 Å². The number of rotatable bonds is 3. The average molecular weight is 391 g/mol. The number of benzene rings is 2. The van der Waals surface area contributed by atoms with E-state index in [2.05, 4.69) is 31.9 Å². The molecule has 0 aromatic heterocycles. The minimum atomic E-state index is -0.359. The van der Waals surface area contributed by atoms with E-state index in [4.69, 9.17) is 5.73 Å². The third-order valence-corrected chi connectivity index (χ3v) is 4.13. The van der Waals surface area contributed by atoms with Crippen LogP contribution in [0, 0.1) is 11.6 Å². The second kappa shape index (κ2) is 6.11. The minimum absolute atomic E-state index is 0.316. The standard InChI is InChI=1S/C14H11Br2F2N/c15-11-3-2-9(17)7-10(11)14(19)6-8-1-4-13(18)12(16)5-8/h1-5,7,14H,6,19H2. The van der Waals surface area contributed by atoms with Crippen LogP contribution in [-0.4, -0.2) is 0 Å². The van der Waals surface area contributed by atoms with Crippen LogP contribution in [0.2, 0.25) is 0 Å². The number of hydrogen-bond acceptors (Lipinski definition) is 1. The lowest BCUT2D eigenvalue weighted by Crippen LogP contribution is -2.14. The molecule has 2 N–H and O–H groups in total. The van der Waals surface area contributed by atoms with Gasteiger partial charge < -0.3 is 5.73 Å². The van der Waals surface area contributed by atoms with Gasteiger partial charge in [-0.25, -0.2) is 8.78 Å². The fourth-order valence-corrected chi connectivity index (χ4v) is 2.80. The van der Waals surface area contributed by atoms with Crippen molar-refractivity contribution in [2.45, 2.75) is 12.5 Å². The molecule has 1 atom stereocenters. The van der Waals surface area contributed by atoms with Gasteiger partial charge in [-0.2, -0.15) is 0 Å². The summed E-state index contributed by atoms with van der Waals surface area (Å²) in [6.07, 6.45) is 0.501. The van der Waals surface area contributed by atoms with Crippen LogP contribution in [0.3, 0.4) is 0 Å². The van der Waals surface area contributed by atoms with Crippen molar-refractivity contribution < 1.29 is 8.78 Å². The molecule has 0 heterocycles. The maximum atomic E-state index is 13.2. The smallest absolute Gasteiger partial charge is 0.137 e. The monoisotopic (exact) mass is 389 g/mol. The van der Waals surface area contributed by atoms with Crippen LogP contribution in [0.4, 0.5) is 8.78 Å². The fraction of sp³-hybridized carbons (Fsp3) is 0.143. The maximum Gasteiger partial charge on any atom is 0.137 e. The second-order valence-corrected chi connectivity index (χ2v) is 5.93. The highest BCUT2D eigenvalue weighted by atomic mass is 79.9. The van der Waals surface area contributed by atoms with Crippen LogP contribution in [-0.2, 0) is 6.42 Å². The maximum absolute atomic E-state index is 13.2. The summed E-state index contributed by atoms with van der Waals surface area (Å²) in [4.78, 5) is 0. The molecule has 2 aromatic carbocycles. The Hall–Kier alpha value is -0.780. The molecule has 0 bridgehead atoms. The van der Waals surface area contributed by atoms with Gasteiger partial charge in [-0.3, -0.25) is 0 Å². The summed E-state index contributed by atoms with van der Waals surface area (Å²) in [5, 5.41) is 0. The van der Waals surface area contributed by atoms with Gasteiger partial charge in [-0.05, 0) is 63.8 Å². The summed E-state index contributed by atoms with van der Waals surface area (Å²) in [6.45, 7) is 0. The Morgan fingerprint density at radius 3 is 2.42 bits per heavy atom. The first-order valence-electron chi connectivity index (χ1n) is 5.62. The van der Waals surface area contributed by atoms with Gasteiger partial charge in [-0.1, -0.05) is 22.0 Å². The molecule has 0 aliphatic carbocycles. The molecule has 19 heavy (non-hydrogen) atoms. The Kier molecular flexibility index (Phi) is 4.71. The first-order valence-corrected chi connectivity index (χ1v) is 7.20. The average Bonchev–Trinajstić information content (AvgIpc) is 2.36. The Labute approximate surface area is 127 Å². The Bertz CT molecular complexity index is 602. The first-order chi connectivity index (χ1) is 8.97. The zero-order valence-electron chi connectivity index (χ0n) is 9.84. The van der Waals surface area contributed by atoms with Crippen LogP contribution >= 0.6 is 31.9 Å². The summed E-state index contributed by atoms with van der Waals surface area (Å²) in [7, 11) is 0. The Balaban J connectivity index is 2.22. The zero-order valence-corrected chi connectivity index (χ0v) is 13.0. The van der Waals surface area contributed by atoms with Gasteiger partial charge in [0.15, 0.2) is 0 Å². The van der Waals surface area contributed by atoms with Gasteiger partial charge in [0.25, 0.3) is 0 Å². The first kappa shape index (κ1) is 14.6. The molecule has 0 spiro atoms. The molecule has 5 heteroatoms. The van der Waals surface area contributed by atoms with Gasteiger partial charge in [0.05, 0.1) is 4.47 Å². The lowest BCUT2D eigenvalue weighted by atomic mass is 9.99. The molecule has 100 valence electrons. The molecule has 1 unspecified atom stereocenters. The van der Waals surface area contributed by atoms with Gasteiger partial charge in [0.2, 0.25) is 0 Å². The molecule has 0 fully saturated rings.